The van der Waals surface area contributed by atoms with Crippen LogP contribution in [-0.4, -0.2) is 32.5 Å². The summed E-state index contributed by atoms with van der Waals surface area (Å²) in [6.45, 7) is 2.19. The van der Waals surface area contributed by atoms with Gasteiger partial charge in [0.05, 0.1) is 11.5 Å². The average Bonchev–Trinajstić information content (AvgIpc) is 2.72. The third-order valence-corrected chi connectivity index (χ3v) is 5.64. The number of halogens is 1. The SMILES string of the molecule is Cc1c(Cl)cccc1NC(=O)NCC1CCS(=O)(=O)C1. The second-order valence-electron chi connectivity index (χ2n) is 5.02. The molecule has 0 radical (unpaired) electrons. The topological polar surface area (TPSA) is 75.3 Å². The van der Waals surface area contributed by atoms with Crippen LogP contribution < -0.4 is 10.6 Å². The standard InChI is InChI=1S/C13H17ClN2O3S/c1-9-11(14)3-2-4-12(9)16-13(17)15-7-10-5-6-20(18,19)8-10/h2-4,10H,5-8H2,1H3,(H2,15,16,17). The first-order chi connectivity index (χ1) is 9.37. The van der Waals surface area contributed by atoms with E-state index < -0.39 is 9.84 Å². The lowest BCUT2D eigenvalue weighted by atomic mass is 10.1. The second-order valence-corrected chi connectivity index (χ2v) is 7.65. The quantitative estimate of drug-likeness (QED) is 0.897. The number of sulfone groups is 1. The smallest absolute Gasteiger partial charge is 0.319 e. The molecule has 2 rings (SSSR count). The van der Waals surface area contributed by atoms with Gasteiger partial charge in [-0.3, -0.25) is 0 Å². The van der Waals surface area contributed by atoms with Gasteiger partial charge in [0, 0.05) is 17.3 Å². The van der Waals surface area contributed by atoms with E-state index in [0.29, 0.717) is 23.7 Å². The van der Waals surface area contributed by atoms with Crippen LogP contribution in [0.15, 0.2) is 18.2 Å². The minimum absolute atomic E-state index is 0.00575. The molecule has 1 saturated heterocycles. The highest BCUT2D eigenvalue weighted by atomic mass is 35.5. The molecule has 1 aromatic carbocycles. The Balaban J connectivity index is 1.86. The molecule has 1 aliphatic rings. The number of nitrogens with one attached hydrogen (secondary N) is 2. The normalized spacial score (nSPS) is 20.6. The van der Waals surface area contributed by atoms with E-state index in [2.05, 4.69) is 10.6 Å². The third-order valence-electron chi connectivity index (χ3n) is 3.39. The summed E-state index contributed by atoms with van der Waals surface area (Å²) in [6, 6.07) is 4.93. The molecule has 1 aromatic rings. The molecule has 2 amide bonds. The van der Waals surface area contributed by atoms with Crippen LogP contribution >= 0.6 is 11.6 Å². The van der Waals surface area contributed by atoms with E-state index in [9.17, 15) is 13.2 Å². The average molecular weight is 317 g/mol. The fourth-order valence-corrected chi connectivity index (χ4v) is 4.22. The Bertz CT molecular complexity index is 616. The summed E-state index contributed by atoms with van der Waals surface area (Å²) in [4.78, 5) is 11.8. The molecule has 0 saturated carbocycles. The molecular formula is C13H17ClN2O3S. The Morgan fingerprint density at radius 2 is 2.20 bits per heavy atom. The molecule has 20 heavy (non-hydrogen) atoms. The van der Waals surface area contributed by atoms with Gasteiger partial charge in [-0.15, -0.1) is 0 Å². The minimum Gasteiger partial charge on any atom is -0.338 e. The Morgan fingerprint density at radius 3 is 2.85 bits per heavy atom. The van der Waals surface area contributed by atoms with E-state index >= 15 is 0 Å². The summed E-state index contributed by atoms with van der Waals surface area (Å²) in [7, 11) is -2.90. The highest BCUT2D eigenvalue weighted by Gasteiger charge is 2.27. The van der Waals surface area contributed by atoms with Gasteiger partial charge in [-0.2, -0.15) is 0 Å². The lowest BCUT2D eigenvalue weighted by Gasteiger charge is -2.12. The molecule has 0 spiro atoms. The van der Waals surface area contributed by atoms with Crippen molar-refractivity contribution >= 4 is 33.2 Å². The number of amides is 2. The Kier molecular flexibility index (Phi) is 4.55. The summed E-state index contributed by atoms with van der Waals surface area (Å²) in [5, 5.41) is 6.00. The molecule has 0 aliphatic carbocycles. The van der Waals surface area contributed by atoms with Crippen LogP contribution in [0.25, 0.3) is 0 Å². The van der Waals surface area contributed by atoms with Crippen molar-refractivity contribution in [3.63, 3.8) is 0 Å². The van der Waals surface area contributed by atoms with Gasteiger partial charge in [0.2, 0.25) is 0 Å². The molecule has 110 valence electrons. The summed E-state index contributed by atoms with van der Waals surface area (Å²) in [5.74, 6) is 0.379. The maximum atomic E-state index is 11.8. The van der Waals surface area contributed by atoms with Crippen molar-refractivity contribution in [2.24, 2.45) is 5.92 Å². The predicted molar refractivity (Wildman–Crippen MR) is 80.0 cm³/mol. The van der Waals surface area contributed by atoms with Gasteiger partial charge in [-0.1, -0.05) is 17.7 Å². The molecule has 0 bridgehead atoms. The molecular weight excluding hydrogens is 300 g/mol. The van der Waals surface area contributed by atoms with Crippen molar-refractivity contribution in [3.8, 4) is 0 Å². The van der Waals surface area contributed by atoms with Crippen LogP contribution in [0.4, 0.5) is 10.5 Å². The Hall–Kier alpha value is -1.27. The summed E-state index contributed by atoms with van der Waals surface area (Å²) in [5.41, 5.74) is 1.45. The van der Waals surface area contributed by atoms with Crippen molar-refractivity contribution in [3.05, 3.63) is 28.8 Å². The number of anilines is 1. The number of urea groups is 1. The Labute approximate surface area is 123 Å². The van der Waals surface area contributed by atoms with Gasteiger partial charge in [-0.05, 0) is 37.0 Å². The van der Waals surface area contributed by atoms with Gasteiger partial charge >= 0.3 is 6.03 Å². The summed E-state index contributed by atoms with van der Waals surface area (Å²) in [6.07, 6.45) is 0.610. The van der Waals surface area contributed by atoms with Crippen LogP contribution in [0.5, 0.6) is 0 Å². The van der Waals surface area contributed by atoms with E-state index in [1.807, 2.05) is 6.92 Å². The molecule has 1 aliphatic heterocycles. The maximum Gasteiger partial charge on any atom is 0.319 e. The molecule has 1 unspecified atom stereocenters. The van der Waals surface area contributed by atoms with Crippen molar-refractivity contribution in [1.82, 2.24) is 5.32 Å². The fourth-order valence-electron chi connectivity index (χ4n) is 2.18. The molecule has 1 heterocycles. The highest BCUT2D eigenvalue weighted by molar-refractivity contribution is 7.91. The lowest BCUT2D eigenvalue weighted by molar-refractivity contribution is 0.250. The first-order valence-electron chi connectivity index (χ1n) is 6.38. The van der Waals surface area contributed by atoms with Crippen LogP contribution in [0.2, 0.25) is 5.02 Å². The number of rotatable bonds is 3. The highest BCUT2D eigenvalue weighted by Crippen LogP contribution is 2.23. The van der Waals surface area contributed by atoms with Gasteiger partial charge in [0.1, 0.15) is 0 Å². The van der Waals surface area contributed by atoms with E-state index in [0.717, 1.165) is 5.56 Å². The third kappa shape index (κ3) is 3.86. The molecule has 1 fully saturated rings. The largest absolute Gasteiger partial charge is 0.338 e. The zero-order chi connectivity index (χ0) is 14.8. The van der Waals surface area contributed by atoms with Crippen LogP contribution in [-0.2, 0) is 9.84 Å². The maximum absolute atomic E-state index is 11.8. The number of benzene rings is 1. The lowest BCUT2D eigenvalue weighted by Crippen LogP contribution is -2.33. The summed E-state index contributed by atoms with van der Waals surface area (Å²) >= 11 is 5.97. The van der Waals surface area contributed by atoms with Gasteiger partial charge in [-0.25, -0.2) is 13.2 Å². The number of hydrogen-bond acceptors (Lipinski definition) is 3. The fraction of sp³-hybridized carbons (Fsp3) is 0.462. The van der Waals surface area contributed by atoms with E-state index in [1.54, 1.807) is 18.2 Å². The zero-order valence-electron chi connectivity index (χ0n) is 11.1. The zero-order valence-corrected chi connectivity index (χ0v) is 12.7. The number of hydrogen-bond donors (Lipinski definition) is 2. The summed E-state index contributed by atoms with van der Waals surface area (Å²) < 4.78 is 22.6. The minimum atomic E-state index is -2.90. The first kappa shape index (κ1) is 15.1. The second kappa shape index (κ2) is 6.01. The van der Waals surface area contributed by atoms with E-state index in [4.69, 9.17) is 11.6 Å². The van der Waals surface area contributed by atoms with Crippen molar-refractivity contribution in [2.75, 3.05) is 23.4 Å². The van der Waals surface area contributed by atoms with Crippen LogP contribution in [0.1, 0.15) is 12.0 Å². The molecule has 0 aromatic heterocycles. The van der Waals surface area contributed by atoms with E-state index in [-0.39, 0.29) is 23.5 Å². The molecule has 7 heteroatoms. The van der Waals surface area contributed by atoms with Gasteiger partial charge in [0.25, 0.3) is 0 Å². The monoisotopic (exact) mass is 316 g/mol. The van der Waals surface area contributed by atoms with Crippen LogP contribution in [0.3, 0.4) is 0 Å². The molecule has 5 nitrogen and oxygen atoms in total. The predicted octanol–water partition coefficient (Wildman–Crippen LogP) is 2.20. The first-order valence-corrected chi connectivity index (χ1v) is 8.58. The molecule has 2 N–H and O–H groups in total. The number of carbonyl (C=O) groups excluding carboxylic acids is 1. The Morgan fingerprint density at radius 1 is 1.45 bits per heavy atom. The van der Waals surface area contributed by atoms with E-state index in [1.165, 1.54) is 0 Å². The van der Waals surface area contributed by atoms with Gasteiger partial charge in [0.15, 0.2) is 9.84 Å². The molecule has 1 atom stereocenters. The van der Waals surface area contributed by atoms with Crippen LogP contribution in [0, 0.1) is 12.8 Å². The van der Waals surface area contributed by atoms with Crippen molar-refractivity contribution < 1.29 is 13.2 Å². The van der Waals surface area contributed by atoms with Crippen molar-refractivity contribution in [2.45, 2.75) is 13.3 Å². The van der Waals surface area contributed by atoms with Gasteiger partial charge < -0.3 is 10.6 Å². The number of carbonyl (C=O) groups is 1. The van der Waals surface area contributed by atoms with Crippen molar-refractivity contribution in [1.29, 1.82) is 0 Å².